The Morgan fingerprint density at radius 2 is 2.33 bits per heavy atom. The molecule has 0 saturated carbocycles. The molecule has 0 bridgehead atoms. The van der Waals surface area contributed by atoms with Gasteiger partial charge in [-0.05, 0) is 31.9 Å². The van der Waals surface area contributed by atoms with Crippen molar-refractivity contribution in [2.45, 2.75) is 24.7 Å². The Labute approximate surface area is 129 Å². The van der Waals surface area contributed by atoms with Crippen LogP contribution in [0.5, 0.6) is 0 Å². The van der Waals surface area contributed by atoms with Crippen molar-refractivity contribution >= 4 is 27.6 Å². The predicted octanol–water partition coefficient (Wildman–Crippen LogP) is 1.70. The molecule has 116 valence electrons. The number of ether oxygens (including phenoxy) is 1. The van der Waals surface area contributed by atoms with Crippen LogP contribution in [0.3, 0.4) is 0 Å². The molecule has 0 aliphatic carbocycles. The van der Waals surface area contributed by atoms with Crippen molar-refractivity contribution in [2.24, 2.45) is 5.92 Å². The minimum absolute atomic E-state index is 0.0313. The number of halogens is 1. The molecule has 8 heteroatoms. The Balaban J connectivity index is 2.21. The Hall–Kier alpha value is -1.18. The van der Waals surface area contributed by atoms with Gasteiger partial charge >= 0.3 is 5.97 Å². The van der Waals surface area contributed by atoms with Crippen LogP contribution in [0, 0.1) is 5.92 Å². The molecule has 1 aromatic rings. The van der Waals surface area contributed by atoms with Crippen molar-refractivity contribution in [3.8, 4) is 0 Å². The number of esters is 1. The Morgan fingerprint density at radius 3 is 3.00 bits per heavy atom. The van der Waals surface area contributed by atoms with Crippen LogP contribution < -0.4 is 0 Å². The number of rotatable bonds is 4. The maximum absolute atomic E-state index is 12.6. The summed E-state index contributed by atoms with van der Waals surface area (Å²) in [5.74, 6) is -0.779. The van der Waals surface area contributed by atoms with Gasteiger partial charge in [-0.1, -0.05) is 11.6 Å². The fourth-order valence-corrected chi connectivity index (χ4v) is 4.27. The average Bonchev–Trinajstić information content (AvgIpc) is 2.48. The minimum atomic E-state index is -3.74. The first-order chi connectivity index (χ1) is 9.96. The lowest BCUT2D eigenvalue weighted by molar-refractivity contribution is -0.149. The zero-order valence-electron chi connectivity index (χ0n) is 11.7. The van der Waals surface area contributed by atoms with E-state index in [1.165, 1.54) is 22.6 Å². The summed E-state index contributed by atoms with van der Waals surface area (Å²) in [6, 6.07) is 2.93. The summed E-state index contributed by atoms with van der Waals surface area (Å²) in [6.45, 7) is 2.50. The van der Waals surface area contributed by atoms with E-state index in [1.54, 1.807) is 6.92 Å². The van der Waals surface area contributed by atoms with Gasteiger partial charge in [-0.3, -0.25) is 4.79 Å². The lowest BCUT2D eigenvalue weighted by Crippen LogP contribution is -2.42. The molecule has 0 unspecified atom stereocenters. The van der Waals surface area contributed by atoms with Gasteiger partial charge in [-0.25, -0.2) is 13.4 Å². The predicted molar refractivity (Wildman–Crippen MR) is 77.4 cm³/mol. The van der Waals surface area contributed by atoms with Gasteiger partial charge < -0.3 is 4.74 Å². The van der Waals surface area contributed by atoms with Crippen LogP contribution >= 0.6 is 11.6 Å². The highest BCUT2D eigenvalue weighted by atomic mass is 35.5. The van der Waals surface area contributed by atoms with Gasteiger partial charge in [0.25, 0.3) is 0 Å². The third kappa shape index (κ3) is 3.53. The van der Waals surface area contributed by atoms with Crippen LogP contribution in [0.4, 0.5) is 0 Å². The zero-order valence-corrected chi connectivity index (χ0v) is 13.2. The molecule has 1 aliphatic heterocycles. The van der Waals surface area contributed by atoms with Crippen LogP contribution in [0.25, 0.3) is 0 Å². The van der Waals surface area contributed by atoms with E-state index in [9.17, 15) is 13.2 Å². The van der Waals surface area contributed by atoms with Gasteiger partial charge in [0.2, 0.25) is 10.0 Å². The first-order valence-electron chi connectivity index (χ1n) is 6.74. The molecular formula is C13H17ClN2O4S. The van der Waals surface area contributed by atoms with Crippen LogP contribution in [-0.4, -0.2) is 43.4 Å². The highest BCUT2D eigenvalue weighted by Crippen LogP contribution is 2.27. The van der Waals surface area contributed by atoms with E-state index < -0.39 is 15.9 Å². The number of carbonyl (C=O) groups is 1. The highest BCUT2D eigenvalue weighted by Gasteiger charge is 2.35. The summed E-state index contributed by atoms with van der Waals surface area (Å²) in [5, 5.41) is -0.0595. The fraction of sp³-hybridized carbons (Fsp3) is 0.538. The van der Waals surface area contributed by atoms with E-state index in [0.717, 1.165) is 0 Å². The Bertz CT molecular complexity index is 620. The van der Waals surface area contributed by atoms with Crippen molar-refractivity contribution in [1.29, 1.82) is 0 Å². The molecule has 0 aromatic carbocycles. The summed E-state index contributed by atoms with van der Waals surface area (Å²) in [6.07, 6.45) is 2.67. The molecule has 2 rings (SSSR count). The van der Waals surface area contributed by atoms with E-state index >= 15 is 0 Å². The van der Waals surface area contributed by atoms with Crippen molar-refractivity contribution in [2.75, 3.05) is 19.7 Å². The van der Waals surface area contributed by atoms with Crippen molar-refractivity contribution in [1.82, 2.24) is 9.29 Å². The molecule has 6 nitrogen and oxygen atoms in total. The third-order valence-electron chi connectivity index (χ3n) is 3.35. The third-order valence-corrected chi connectivity index (χ3v) is 5.66. The largest absolute Gasteiger partial charge is 0.466 e. The van der Waals surface area contributed by atoms with E-state index in [0.29, 0.717) is 19.4 Å². The van der Waals surface area contributed by atoms with Crippen LogP contribution in [0.2, 0.25) is 5.15 Å². The maximum atomic E-state index is 12.6. The molecular weight excluding hydrogens is 316 g/mol. The summed E-state index contributed by atoms with van der Waals surface area (Å²) < 4.78 is 31.4. The standard InChI is InChI=1S/C13H17ClN2O4S/c1-2-20-13(17)10-5-4-8-16(9-10)21(18,19)11-6-3-7-15-12(11)14/h3,6-7,10H,2,4-5,8-9H2,1H3/t10-/m1/s1. The molecule has 0 amide bonds. The summed E-state index contributed by atoms with van der Waals surface area (Å²) in [4.78, 5) is 15.6. The van der Waals surface area contributed by atoms with E-state index in [1.807, 2.05) is 0 Å². The van der Waals surface area contributed by atoms with Crippen molar-refractivity contribution < 1.29 is 17.9 Å². The molecule has 1 atom stereocenters. The highest BCUT2D eigenvalue weighted by molar-refractivity contribution is 7.89. The minimum Gasteiger partial charge on any atom is -0.466 e. The van der Waals surface area contributed by atoms with Gasteiger partial charge in [0.1, 0.15) is 10.0 Å². The first kappa shape index (κ1) is 16.2. The topological polar surface area (TPSA) is 76.6 Å². The monoisotopic (exact) mass is 332 g/mol. The van der Waals surface area contributed by atoms with E-state index in [-0.39, 0.29) is 29.2 Å². The van der Waals surface area contributed by atoms with Crippen molar-refractivity contribution in [3.05, 3.63) is 23.5 Å². The SMILES string of the molecule is CCOC(=O)[C@@H]1CCCN(S(=O)(=O)c2cccnc2Cl)C1. The quantitative estimate of drug-likeness (QED) is 0.619. The number of hydrogen-bond acceptors (Lipinski definition) is 5. The van der Waals surface area contributed by atoms with Crippen LogP contribution in [-0.2, 0) is 19.6 Å². The van der Waals surface area contributed by atoms with E-state index in [2.05, 4.69) is 4.98 Å². The van der Waals surface area contributed by atoms with E-state index in [4.69, 9.17) is 16.3 Å². The molecule has 0 radical (unpaired) electrons. The van der Waals surface area contributed by atoms with Gasteiger partial charge in [-0.15, -0.1) is 0 Å². The lowest BCUT2D eigenvalue weighted by atomic mass is 10.0. The smallest absolute Gasteiger partial charge is 0.310 e. The number of aromatic nitrogens is 1. The normalized spacial score (nSPS) is 20.2. The number of hydrogen-bond donors (Lipinski definition) is 0. The fourth-order valence-electron chi connectivity index (χ4n) is 2.32. The van der Waals surface area contributed by atoms with Crippen LogP contribution in [0.15, 0.2) is 23.2 Å². The number of piperidine rings is 1. The lowest BCUT2D eigenvalue weighted by Gasteiger charge is -2.30. The molecule has 1 saturated heterocycles. The summed E-state index contributed by atoms with van der Waals surface area (Å²) in [7, 11) is -3.74. The van der Waals surface area contributed by atoms with Gasteiger partial charge in [0, 0.05) is 19.3 Å². The molecule has 2 heterocycles. The van der Waals surface area contributed by atoms with Crippen LogP contribution in [0.1, 0.15) is 19.8 Å². The molecule has 1 aliphatic rings. The van der Waals surface area contributed by atoms with Crippen molar-refractivity contribution in [3.63, 3.8) is 0 Å². The van der Waals surface area contributed by atoms with Gasteiger partial charge in [0.05, 0.1) is 12.5 Å². The summed E-state index contributed by atoms with van der Waals surface area (Å²) in [5.41, 5.74) is 0. The number of pyridine rings is 1. The summed E-state index contributed by atoms with van der Waals surface area (Å²) >= 11 is 5.87. The maximum Gasteiger partial charge on any atom is 0.310 e. The second-order valence-corrected chi connectivity index (χ2v) is 7.01. The molecule has 21 heavy (non-hydrogen) atoms. The number of nitrogens with zero attached hydrogens (tertiary/aromatic N) is 2. The molecule has 0 N–H and O–H groups in total. The molecule has 1 aromatic heterocycles. The van der Waals surface area contributed by atoms with Gasteiger partial charge in [-0.2, -0.15) is 4.31 Å². The van der Waals surface area contributed by atoms with Gasteiger partial charge in [0.15, 0.2) is 0 Å². The number of carbonyl (C=O) groups excluding carboxylic acids is 1. The number of sulfonamides is 1. The molecule has 1 fully saturated rings. The Kier molecular flexibility index (Phi) is 5.18. The first-order valence-corrected chi connectivity index (χ1v) is 8.56. The Morgan fingerprint density at radius 1 is 1.57 bits per heavy atom. The second kappa shape index (κ2) is 6.72. The average molecular weight is 333 g/mol. The second-order valence-electron chi connectivity index (χ2n) is 4.75. The zero-order chi connectivity index (χ0) is 15.5. The molecule has 0 spiro atoms.